The van der Waals surface area contributed by atoms with Crippen LogP contribution in [-0.2, 0) is 0 Å². The van der Waals surface area contributed by atoms with Gasteiger partial charge in [-0.05, 0) is 36.4 Å². The van der Waals surface area contributed by atoms with Gasteiger partial charge in [0, 0.05) is 10.9 Å². The maximum absolute atomic E-state index is 5.22. The van der Waals surface area contributed by atoms with Crippen molar-refractivity contribution in [3.63, 3.8) is 0 Å². The Morgan fingerprint density at radius 2 is 1.85 bits per heavy atom. The molecule has 4 heteroatoms. The molecule has 20 heavy (non-hydrogen) atoms. The number of hydrogen-bond acceptors (Lipinski definition) is 2. The van der Waals surface area contributed by atoms with E-state index in [9.17, 15) is 0 Å². The van der Waals surface area contributed by atoms with Crippen LogP contribution < -0.4 is 9.14 Å². The van der Waals surface area contributed by atoms with Crippen molar-refractivity contribution in [2.45, 2.75) is 0 Å². The Balaban J connectivity index is 1.98. The van der Waals surface area contributed by atoms with Gasteiger partial charge < -0.3 is 4.74 Å². The molecular weight excluding hydrogens is 268 g/mol. The molecule has 0 unspecified atom stereocenters. The number of ether oxygens (including phenoxy) is 1. The molecule has 0 spiro atoms. The van der Waals surface area contributed by atoms with E-state index in [-0.39, 0.29) is 0 Å². The van der Waals surface area contributed by atoms with Crippen molar-refractivity contribution < 1.29 is 9.14 Å². The number of rotatable bonds is 2. The first-order valence-corrected chi connectivity index (χ1v) is 7.29. The van der Waals surface area contributed by atoms with Crippen molar-refractivity contribution in [2.75, 3.05) is 7.11 Å². The highest BCUT2D eigenvalue weighted by Gasteiger charge is 2.18. The molecule has 4 rings (SSSR count). The van der Waals surface area contributed by atoms with E-state index in [1.165, 1.54) is 16.8 Å². The Hall–Kier alpha value is -2.33. The topological polar surface area (TPSA) is 29.1 Å². The molecule has 0 saturated carbocycles. The van der Waals surface area contributed by atoms with Crippen LogP contribution >= 0.6 is 11.3 Å². The molecule has 2 aromatic carbocycles. The van der Waals surface area contributed by atoms with Gasteiger partial charge in [-0.15, -0.1) is 0 Å². The number of H-pyrrole nitrogens is 1. The molecule has 0 fully saturated rings. The first kappa shape index (κ1) is 11.5. The van der Waals surface area contributed by atoms with E-state index in [0.29, 0.717) is 0 Å². The van der Waals surface area contributed by atoms with Crippen molar-refractivity contribution in [1.82, 2.24) is 4.98 Å². The van der Waals surface area contributed by atoms with Gasteiger partial charge in [0.1, 0.15) is 5.75 Å². The van der Waals surface area contributed by atoms with Crippen LogP contribution in [0.2, 0.25) is 0 Å². The zero-order valence-electron chi connectivity index (χ0n) is 11.0. The van der Waals surface area contributed by atoms with E-state index in [0.717, 1.165) is 16.2 Å². The third kappa shape index (κ3) is 1.62. The molecule has 0 bridgehead atoms. The van der Waals surface area contributed by atoms with Crippen LogP contribution in [0.5, 0.6) is 5.75 Å². The lowest BCUT2D eigenvalue weighted by Gasteiger charge is -2.00. The Morgan fingerprint density at radius 3 is 2.65 bits per heavy atom. The second kappa shape index (κ2) is 4.35. The number of thiazole rings is 1. The van der Waals surface area contributed by atoms with Crippen LogP contribution in [0.3, 0.4) is 0 Å². The Labute approximate surface area is 120 Å². The molecule has 0 saturated heterocycles. The highest BCUT2D eigenvalue weighted by Crippen LogP contribution is 2.25. The van der Waals surface area contributed by atoms with E-state index < -0.39 is 0 Å². The van der Waals surface area contributed by atoms with Crippen molar-refractivity contribution >= 4 is 27.3 Å². The zero-order valence-corrected chi connectivity index (χ0v) is 11.8. The maximum Gasteiger partial charge on any atom is 0.344 e. The van der Waals surface area contributed by atoms with Crippen LogP contribution in [0.25, 0.3) is 27.3 Å². The molecule has 0 amide bonds. The van der Waals surface area contributed by atoms with Crippen LogP contribution in [0.1, 0.15) is 0 Å². The average Bonchev–Trinajstić information content (AvgIpc) is 3.06. The van der Waals surface area contributed by atoms with Crippen molar-refractivity contribution in [1.29, 1.82) is 0 Å². The van der Waals surface area contributed by atoms with Crippen molar-refractivity contribution in [3.05, 3.63) is 53.9 Å². The summed E-state index contributed by atoms with van der Waals surface area (Å²) < 4.78 is 7.48. The molecule has 98 valence electrons. The maximum atomic E-state index is 5.22. The van der Waals surface area contributed by atoms with Crippen LogP contribution in [0, 0.1) is 0 Å². The van der Waals surface area contributed by atoms with E-state index in [2.05, 4.69) is 51.2 Å². The fourth-order valence-corrected chi connectivity index (χ4v) is 3.44. The third-order valence-electron chi connectivity index (χ3n) is 3.50. The molecule has 0 atom stereocenters. The molecule has 3 nitrogen and oxygen atoms in total. The van der Waals surface area contributed by atoms with Crippen LogP contribution in [-0.4, -0.2) is 12.1 Å². The molecule has 4 aromatic rings. The predicted molar refractivity (Wildman–Crippen MR) is 81.3 cm³/mol. The van der Waals surface area contributed by atoms with Gasteiger partial charge in [-0.25, -0.2) is 4.98 Å². The number of aromatic nitrogens is 2. The van der Waals surface area contributed by atoms with Gasteiger partial charge in [-0.2, -0.15) is 4.40 Å². The van der Waals surface area contributed by atoms with Gasteiger partial charge >= 0.3 is 4.96 Å². The number of nitrogens with zero attached hydrogens (tertiary/aromatic N) is 1. The van der Waals surface area contributed by atoms with E-state index >= 15 is 0 Å². The Kier molecular flexibility index (Phi) is 2.50. The second-order valence-electron chi connectivity index (χ2n) is 4.63. The summed E-state index contributed by atoms with van der Waals surface area (Å²) in [5, 5.41) is 2.18. The summed E-state index contributed by atoms with van der Waals surface area (Å²) in [4.78, 5) is 4.60. The minimum Gasteiger partial charge on any atom is -0.497 e. The lowest BCUT2D eigenvalue weighted by atomic mass is 10.1. The van der Waals surface area contributed by atoms with Crippen LogP contribution in [0.4, 0.5) is 0 Å². The zero-order chi connectivity index (χ0) is 13.5. The van der Waals surface area contributed by atoms with Gasteiger partial charge in [0.15, 0.2) is 16.7 Å². The van der Waals surface area contributed by atoms with Crippen LogP contribution in [0.15, 0.2) is 53.9 Å². The number of imidazole rings is 1. The molecule has 0 aliphatic heterocycles. The minimum atomic E-state index is 0.879. The van der Waals surface area contributed by atoms with E-state index in [1.54, 1.807) is 18.4 Å². The molecule has 0 aliphatic carbocycles. The molecule has 2 aromatic heterocycles. The third-order valence-corrected chi connectivity index (χ3v) is 4.35. The van der Waals surface area contributed by atoms with E-state index in [1.807, 2.05) is 12.1 Å². The summed E-state index contributed by atoms with van der Waals surface area (Å²) in [6.45, 7) is 0. The van der Waals surface area contributed by atoms with Gasteiger partial charge in [-0.3, -0.25) is 0 Å². The fraction of sp³-hybridized carbons (Fsp3) is 0.0625. The first-order valence-electron chi connectivity index (χ1n) is 6.41. The number of benzene rings is 2. The Bertz CT molecular complexity index is 890. The first-order chi connectivity index (χ1) is 9.86. The van der Waals surface area contributed by atoms with Gasteiger partial charge in [-0.1, -0.05) is 23.5 Å². The summed E-state index contributed by atoms with van der Waals surface area (Å²) in [6, 6.07) is 16.5. The lowest BCUT2D eigenvalue weighted by molar-refractivity contribution is -0.463. The molecule has 0 aliphatic rings. The Morgan fingerprint density at radius 1 is 1.05 bits per heavy atom. The molecule has 0 radical (unpaired) electrons. The predicted octanol–water partition coefficient (Wildman–Crippen LogP) is 3.64. The minimum absolute atomic E-state index is 0.879. The lowest BCUT2D eigenvalue weighted by Crippen LogP contribution is -2.19. The van der Waals surface area contributed by atoms with Gasteiger partial charge in [0.25, 0.3) is 0 Å². The smallest absolute Gasteiger partial charge is 0.344 e. The van der Waals surface area contributed by atoms with Crippen molar-refractivity contribution in [2.24, 2.45) is 0 Å². The normalized spacial score (nSPS) is 11.2. The largest absolute Gasteiger partial charge is 0.497 e. The second-order valence-corrected chi connectivity index (χ2v) is 5.49. The monoisotopic (exact) mass is 281 g/mol. The number of fused-ring (bicyclic) bond motifs is 3. The van der Waals surface area contributed by atoms with Gasteiger partial charge in [0.05, 0.1) is 7.11 Å². The molecule has 2 heterocycles. The standard InChI is InChI=1S/C16H12N2OS/c1-19-12-8-6-11(7-9-12)15-10-20-16-17-13-4-2-3-5-14(13)18(15)16/h2-10H,1H3/p+1. The number of methoxy groups -OCH3 is 1. The molecular formula is C16H13N2OS+. The summed E-state index contributed by atoms with van der Waals surface area (Å²) in [5.74, 6) is 0.879. The highest BCUT2D eigenvalue weighted by molar-refractivity contribution is 7.15. The number of hydrogen-bond donors (Lipinski definition) is 1. The number of aromatic amines is 1. The SMILES string of the molecule is COc1ccc(-c2csc3[nH]c4ccccc4[n+]23)cc1. The number of para-hydroxylation sites is 2. The molecule has 1 N–H and O–H groups in total. The highest BCUT2D eigenvalue weighted by atomic mass is 32.1. The summed E-state index contributed by atoms with van der Waals surface area (Å²) in [6.07, 6.45) is 0. The van der Waals surface area contributed by atoms with E-state index in [4.69, 9.17) is 4.74 Å². The van der Waals surface area contributed by atoms with Crippen molar-refractivity contribution in [3.8, 4) is 17.0 Å². The fourth-order valence-electron chi connectivity index (χ4n) is 2.50. The quantitative estimate of drug-likeness (QED) is 0.558. The van der Waals surface area contributed by atoms with Gasteiger partial charge in [0.2, 0.25) is 0 Å². The summed E-state index contributed by atoms with van der Waals surface area (Å²) in [7, 11) is 1.69. The summed E-state index contributed by atoms with van der Waals surface area (Å²) >= 11 is 1.72. The average molecular weight is 281 g/mol. The summed E-state index contributed by atoms with van der Waals surface area (Å²) in [5.41, 5.74) is 4.75. The number of nitrogens with one attached hydrogen (secondary N) is 1.